The Morgan fingerprint density at radius 1 is 1.75 bits per heavy atom. The lowest BCUT2D eigenvalue weighted by Gasteiger charge is -1.81. The maximum absolute atomic E-state index is 10.1. The first-order valence-electron chi connectivity index (χ1n) is 3.14. The summed E-state index contributed by atoms with van der Waals surface area (Å²) in [6.07, 6.45) is -0.147. The van der Waals surface area contributed by atoms with Crippen molar-refractivity contribution in [3.8, 4) is 11.8 Å². The normalized spacial score (nSPS) is 8.75. The van der Waals surface area contributed by atoms with E-state index in [0.29, 0.717) is 9.90 Å². The van der Waals surface area contributed by atoms with E-state index in [1.807, 2.05) is 5.38 Å². The van der Waals surface area contributed by atoms with Gasteiger partial charge in [-0.05, 0) is 11.4 Å². The Morgan fingerprint density at radius 2 is 2.50 bits per heavy atom. The van der Waals surface area contributed by atoms with E-state index in [1.54, 1.807) is 6.07 Å². The summed E-state index contributed by atoms with van der Waals surface area (Å²) in [5.41, 5.74) is 0.697. The summed E-state index contributed by atoms with van der Waals surface area (Å²) in [6, 6.07) is 1.77. The highest BCUT2D eigenvalue weighted by atomic mass is 35.5. The molecule has 0 aliphatic heterocycles. The SMILES string of the molecule is O=C(O)CC#Cc1ccsc1Cl. The summed E-state index contributed by atoms with van der Waals surface area (Å²) >= 11 is 7.10. The van der Waals surface area contributed by atoms with Crippen molar-refractivity contribution in [2.24, 2.45) is 0 Å². The van der Waals surface area contributed by atoms with E-state index in [9.17, 15) is 4.79 Å². The van der Waals surface area contributed by atoms with Gasteiger partial charge in [0.2, 0.25) is 0 Å². The molecule has 12 heavy (non-hydrogen) atoms. The minimum atomic E-state index is -0.922. The lowest BCUT2D eigenvalue weighted by molar-refractivity contribution is -0.135. The van der Waals surface area contributed by atoms with Crippen molar-refractivity contribution in [3.63, 3.8) is 0 Å². The first kappa shape index (κ1) is 9.11. The molecule has 1 aromatic rings. The van der Waals surface area contributed by atoms with E-state index in [-0.39, 0.29) is 6.42 Å². The summed E-state index contributed by atoms with van der Waals surface area (Å²) in [5, 5.41) is 10.1. The van der Waals surface area contributed by atoms with Gasteiger partial charge in [-0.3, -0.25) is 4.79 Å². The monoisotopic (exact) mass is 200 g/mol. The Hall–Kier alpha value is -0.980. The van der Waals surface area contributed by atoms with Crippen molar-refractivity contribution in [1.29, 1.82) is 0 Å². The number of carbonyl (C=O) groups is 1. The van der Waals surface area contributed by atoms with Gasteiger partial charge in [-0.15, -0.1) is 11.3 Å². The first-order valence-corrected chi connectivity index (χ1v) is 4.39. The summed E-state index contributed by atoms with van der Waals surface area (Å²) in [4.78, 5) is 10.1. The van der Waals surface area contributed by atoms with Gasteiger partial charge in [0.25, 0.3) is 0 Å². The minimum absolute atomic E-state index is 0.147. The second-order valence-electron chi connectivity index (χ2n) is 1.98. The molecule has 0 aliphatic rings. The van der Waals surface area contributed by atoms with Gasteiger partial charge in [-0.25, -0.2) is 0 Å². The topological polar surface area (TPSA) is 37.3 Å². The van der Waals surface area contributed by atoms with Gasteiger partial charge in [0.15, 0.2) is 0 Å². The summed E-state index contributed by atoms with van der Waals surface area (Å²) in [7, 11) is 0. The molecule has 0 atom stereocenters. The molecule has 0 aliphatic carbocycles. The second-order valence-corrected chi connectivity index (χ2v) is 3.50. The van der Waals surface area contributed by atoms with E-state index in [4.69, 9.17) is 16.7 Å². The van der Waals surface area contributed by atoms with Crippen molar-refractivity contribution in [3.05, 3.63) is 21.3 Å². The standard InChI is InChI=1S/C8H5ClO2S/c9-8-6(4-5-12-8)2-1-3-7(10)11/h4-5H,3H2,(H,10,11). The lowest BCUT2D eigenvalue weighted by Crippen LogP contribution is -1.89. The van der Waals surface area contributed by atoms with Crippen molar-refractivity contribution >= 4 is 28.9 Å². The van der Waals surface area contributed by atoms with Crippen molar-refractivity contribution < 1.29 is 9.90 Å². The maximum atomic E-state index is 10.1. The molecule has 0 bridgehead atoms. The molecule has 1 rings (SSSR count). The zero-order valence-electron chi connectivity index (χ0n) is 6.00. The van der Waals surface area contributed by atoms with Crippen LogP contribution in [0.3, 0.4) is 0 Å². The molecule has 0 radical (unpaired) electrons. The molecular weight excluding hydrogens is 196 g/mol. The molecule has 0 spiro atoms. The van der Waals surface area contributed by atoms with E-state index in [0.717, 1.165) is 0 Å². The van der Waals surface area contributed by atoms with Crippen LogP contribution >= 0.6 is 22.9 Å². The van der Waals surface area contributed by atoms with Crippen LogP contribution in [0.25, 0.3) is 0 Å². The van der Waals surface area contributed by atoms with Crippen LogP contribution in [0.1, 0.15) is 12.0 Å². The third-order valence-corrected chi connectivity index (χ3v) is 2.25. The fraction of sp³-hybridized carbons (Fsp3) is 0.125. The van der Waals surface area contributed by atoms with Crippen molar-refractivity contribution in [2.75, 3.05) is 0 Å². The van der Waals surface area contributed by atoms with E-state index in [1.165, 1.54) is 11.3 Å². The molecule has 2 nitrogen and oxygen atoms in total. The zero-order valence-corrected chi connectivity index (χ0v) is 7.58. The number of halogens is 1. The average Bonchev–Trinajstić information content (AvgIpc) is 2.36. The number of carboxylic acid groups (broad SMARTS) is 1. The van der Waals surface area contributed by atoms with Crippen LogP contribution in [0.5, 0.6) is 0 Å². The Morgan fingerprint density at radius 3 is 3.00 bits per heavy atom. The minimum Gasteiger partial charge on any atom is -0.481 e. The molecule has 0 saturated heterocycles. The molecule has 0 amide bonds. The summed E-state index contributed by atoms with van der Waals surface area (Å²) in [6.45, 7) is 0. The van der Waals surface area contributed by atoms with Crippen LogP contribution in [0.4, 0.5) is 0 Å². The molecule has 62 valence electrons. The zero-order chi connectivity index (χ0) is 8.97. The molecule has 1 heterocycles. The van der Waals surface area contributed by atoms with Gasteiger partial charge in [0.05, 0.1) is 5.56 Å². The Balaban J connectivity index is 2.67. The number of carboxylic acids is 1. The molecule has 0 saturated carbocycles. The van der Waals surface area contributed by atoms with Crippen LogP contribution in [-0.4, -0.2) is 11.1 Å². The largest absolute Gasteiger partial charge is 0.481 e. The predicted octanol–water partition coefficient (Wildman–Crippen LogP) is 2.23. The fourth-order valence-corrected chi connectivity index (χ4v) is 1.43. The van der Waals surface area contributed by atoms with Crippen LogP contribution in [-0.2, 0) is 4.79 Å². The highest BCUT2D eigenvalue weighted by Gasteiger charge is 1.96. The van der Waals surface area contributed by atoms with E-state index in [2.05, 4.69) is 11.8 Å². The van der Waals surface area contributed by atoms with Gasteiger partial charge in [0, 0.05) is 0 Å². The first-order chi connectivity index (χ1) is 5.70. The van der Waals surface area contributed by atoms with Crippen LogP contribution in [0.15, 0.2) is 11.4 Å². The molecule has 1 aromatic heterocycles. The quantitative estimate of drug-likeness (QED) is 0.706. The van der Waals surface area contributed by atoms with E-state index >= 15 is 0 Å². The van der Waals surface area contributed by atoms with Crippen LogP contribution < -0.4 is 0 Å². The highest BCUT2D eigenvalue weighted by molar-refractivity contribution is 7.14. The number of aliphatic carboxylic acids is 1. The molecule has 0 fully saturated rings. The maximum Gasteiger partial charge on any atom is 0.315 e. The van der Waals surface area contributed by atoms with Gasteiger partial charge in [0.1, 0.15) is 10.8 Å². The van der Waals surface area contributed by atoms with Gasteiger partial charge < -0.3 is 5.11 Å². The highest BCUT2D eigenvalue weighted by Crippen LogP contribution is 2.21. The average molecular weight is 201 g/mol. The van der Waals surface area contributed by atoms with Crippen LogP contribution in [0.2, 0.25) is 4.34 Å². The molecule has 0 unspecified atom stereocenters. The smallest absolute Gasteiger partial charge is 0.315 e. The summed E-state index contributed by atoms with van der Waals surface area (Å²) in [5.74, 6) is 4.25. The fourth-order valence-electron chi connectivity index (χ4n) is 0.597. The predicted molar refractivity (Wildman–Crippen MR) is 48.5 cm³/mol. The van der Waals surface area contributed by atoms with Crippen LogP contribution in [0, 0.1) is 11.8 Å². The van der Waals surface area contributed by atoms with Crippen molar-refractivity contribution in [2.45, 2.75) is 6.42 Å². The number of rotatable bonds is 1. The lowest BCUT2D eigenvalue weighted by atomic mass is 10.3. The molecule has 4 heteroatoms. The number of hydrogen-bond donors (Lipinski definition) is 1. The van der Waals surface area contributed by atoms with Gasteiger partial charge in [-0.2, -0.15) is 0 Å². The third kappa shape index (κ3) is 2.57. The second kappa shape index (κ2) is 4.15. The molecule has 1 N–H and O–H groups in total. The Kier molecular flexibility index (Phi) is 3.15. The number of hydrogen-bond acceptors (Lipinski definition) is 2. The summed E-state index contributed by atoms with van der Waals surface area (Å²) < 4.78 is 0.605. The number of thiophene rings is 1. The van der Waals surface area contributed by atoms with Gasteiger partial charge >= 0.3 is 5.97 Å². The molecular formula is C8H5ClO2S. The Bertz CT molecular complexity index is 345. The Labute approximate surface area is 78.8 Å². The van der Waals surface area contributed by atoms with E-state index < -0.39 is 5.97 Å². The molecule has 0 aromatic carbocycles. The van der Waals surface area contributed by atoms with Crippen molar-refractivity contribution in [1.82, 2.24) is 0 Å². The van der Waals surface area contributed by atoms with Gasteiger partial charge in [-0.1, -0.05) is 23.4 Å². The third-order valence-electron chi connectivity index (χ3n) is 1.08.